The third kappa shape index (κ3) is 2.56. The normalized spacial score (nSPS) is 12.2. The summed E-state index contributed by atoms with van der Waals surface area (Å²) in [6.07, 6.45) is 4.29. The van der Waals surface area contributed by atoms with Gasteiger partial charge in [0, 0.05) is 18.3 Å². The molecule has 70 valence electrons. The average molecular weight is 178 g/mol. The number of rotatable bonds is 4. The van der Waals surface area contributed by atoms with Gasteiger partial charge >= 0.3 is 0 Å². The number of hydrogen-bond donors (Lipinski definition) is 1. The van der Waals surface area contributed by atoms with Crippen molar-refractivity contribution in [2.45, 2.75) is 12.5 Å². The highest BCUT2D eigenvalue weighted by Gasteiger charge is 2.03. The Bertz CT molecular complexity index is 269. The van der Waals surface area contributed by atoms with E-state index in [-0.39, 0.29) is 6.04 Å². The third-order valence-electron chi connectivity index (χ3n) is 1.82. The van der Waals surface area contributed by atoms with Crippen LogP contribution in [0.25, 0.3) is 0 Å². The Labute approximate surface area is 78.2 Å². The van der Waals surface area contributed by atoms with E-state index in [0.717, 1.165) is 12.0 Å². The molecule has 13 heavy (non-hydrogen) atoms. The number of nitrogens with two attached hydrogens (primary N) is 1. The molecule has 3 heteroatoms. The van der Waals surface area contributed by atoms with Gasteiger partial charge in [-0.15, -0.1) is 6.58 Å². The Morgan fingerprint density at radius 1 is 1.69 bits per heavy atom. The molecule has 0 radical (unpaired) electrons. The Morgan fingerprint density at radius 3 is 2.92 bits per heavy atom. The van der Waals surface area contributed by atoms with Crippen molar-refractivity contribution in [1.82, 2.24) is 4.98 Å². The molecule has 1 rings (SSSR count). The van der Waals surface area contributed by atoms with Crippen molar-refractivity contribution in [1.29, 1.82) is 0 Å². The molecule has 3 nitrogen and oxygen atoms in total. The molecule has 2 N–H and O–H groups in total. The lowest BCUT2D eigenvalue weighted by Crippen LogP contribution is -2.09. The fourth-order valence-corrected chi connectivity index (χ4v) is 1.05. The molecule has 1 aromatic rings. The number of hydrogen-bond acceptors (Lipinski definition) is 3. The average Bonchev–Trinajstić information content (AvgIpc) is 2.18. The van der Waals surface area contributed by atoms with E-state index < -0.39 is 0 Å². The second-order valence-electron chi connectivity index (χ2n) is 2.76. The van der Waals surface area contributed by atoms with Gasteiger partial charge in [0.25, 0.3) is 0 Å². The van der Waals surface area contributed by atoms with Gasteiger partial charge in [-0.2, -0.15) is 0 Å². The molecule has 0 saturated heterocycles. The summed E-state index contributed by atoms with van der Waals surface area (Å²) in [5.74, 6) is 0.606. The zero-order chi connectivity index (χ0) is 9.68. The van der Waals surface area contributed by atoms with Crippen molar-refractivity contribution in [2.24, 2.45) is 5.73 Å². The molecule has 1 heterocycles. The summed E-state index contributed by atoms with van der Waals surface area (Å²) in [6, 6.07) is 3.70. The van der Waals surface area contributed by atoms with Crippen LogP contribution in [0.1, 0.15) is 18.0 Å². The molecule has 0 aliphatic rings. The van der Waals surface area contributed by atoms with Gasteiger partial charge in [0.1, 0.15) is 0 Å². The molecule has 0 amide bonds. The van der Waals surface area contributed by atoms with Crippen LogP contribution < -0.4 is 10.5 Å². The van der Waals surface area contributed by atoms with Crippen molar-refractivity contribution in [3.63, 3.8) is 0 Å². The standard InChI is InChI=1S/C10H14N2O/c1-3-4-9(11)8-5-6-10(13-2)12-7-8/h3,5-7,9H,1,4,11H2,2H3. The Hall–Kier alpha value is -1.35. The summed E-state index contributed by atoms with van der Waals surface area (Å²) in [5, 5.41) is 0. The van der Waals surface area contributed by atoms with Crippen LogP contribution in [0.5, 0.6) is 5.88 Å². The predicted octanol–water partition coefficient (Wildman–Crippen LogP) is 1.67. The zero-order valence-electron chi connectivity index (χ0n) is 7.73. The molecule has 0 aliphatic heterocycles. The fraction of sp³-hybridized carbons (Fsp3) is 0.300. The minimum absolute atomic E-state index is 0.0177. The van der Waals surface area contributed by atoms with E-state index in [4.69, 9.17) is 10.5 Å². The van der Waals surface area contributed by atoms with E-state index in [1.54, 1.807) is 25.4 Å². The van der Waals surface area contributed by atoms with Gasteiger partial charge in [-0.05, 0) is 12.0 Å². The maximum absolute atomic E-state index is 5.84. The van der Waals surface area contributed by atoms with Gasteiger partial charge in [-0.1, -0.05) is 12.1 Å². The van der Waals surface area contributed by atoms with Crippen molar-refractivity contribution in [3.8, 4) is 5.88 Å². The molecule has 0 aromatic carbocycles. The SMILES string of the molecule is C=CCC(N)c1ccc(OC)nc1. The van der Waals surface area contributed by atoms with Gasteiger partial charge in [-0.3, -0.25) is 0 Å². The second-order valence-corrected chi connectivity index (χ2v) is 2.76. The van der Waals surface area contributed by atoms with Crippen molar-refractivity contribution < 1.29 is 4.74 Å². The molecule has 1 aromatic heterocycles. The topological polar surface area (TPSA) is 48.1 Å². The molecule has 1 unspecified atom stereocenters. The van der Waals surface area contributed by atoms with Crippen molar-refractivity contribution in [2.75, 3.05) is 7.11 Å². The molecule has 0 spiro atoms. The van der Waals surface area contributed by atoms with E-state index in [1.807, 2.05) is 6.07 Å². The van der Waals surface area contributed by atoms with Gasteiger partial charge in [0.05, 0.1) is 7.11 Å². The van der Waals surface area contributed by atoms with Crippen LogP contribution in [0, 0.1) is 0 Å². The maximum Gasteiger partial charge on any atom is 0.212 e. The molecule has 0 fully saturated rings. The zero-order valence-corrected chi connectivity index (χ0v) is 7.73. The number of methoxy groups -OCH3 is 1. The first-order valence-electron chi connectivity index (χ1n) is 4.14. The summed E-state index contributed by atoms with van der Waals surface area (Å²) in [6.45, 7) is 3.63. The van der Waals surface area contributed by atoms with Crippen molar-refractivity contribution >= 4 is 0 Å². The number of ether oxygens (including phenoxy) is 1. The molecule has 0 bridgehead atoms. The largest absolute Gasteiger partial charge is 0.481 e. The van der Waals surface area contributed by atoms with E-state index in [1.165, 1.54) is 0 Å². The Kier molecular flexibility index (Phi) is 3.46. The number of nitrogens with zero attached hydrogens (tertiary/aromatic N) is 1. The molecular formula is C10H14N2O. The minimum Gasteiger partial charge on any atom is -0.481 e. The Morgan fingerprint density at radius 2 is 2.46 bits per heavy atom. The Balaban J connectivity index is 2.73. The lowest BCUT2D eigenvalue weighted by Gasteiger charge is -2.08. The first-order chi connectivity index (χ1) is 6.27. The summed E-state index contributed by atoms with van der Waals surface area (Å²) in [4.78, 5) is 4.06. The number of pyridine rings is 1. The summed E-state index contributed by atoms with van der Waals surface area (Å²) < 4.78 is 4.94. The molecule has 1 atom stereocenters. The van der Waals surface area contributed by atoms with Crippen LogP contribution in [0.4, 0.5) is 0 Å². The van der Waals surface area contributed by atoms with E-state index >= 15 is 0 Å². The lowest BCUT2D eigenvalue weighted by molar-refractivity contribution is 0.397. The van der Waals surface area contributed by atoms with Crippen LogP contribution in [0.3, 0.4) is 0 Å². The van der Waals surface area contributed by atoms with Crippen molar-refractivity contribution in [3.05, 3.63) is 36.5 Å². The maximum atomic E-state index is 5.84. The molecule has 0 aliphatic carbocycles. The van der Waals surface area contributed by atoms with E-state index in [2.05, 4.69) is 11.6 Å². The lowest BCUT2D eigenvalue weighted by atomic mass is 10.1. The van der Waals surface area contributed by atoms with Crippen LogP contribution >= 0.6 is 0 Å². The first-order valence-corrected chi connectivity index (χ1v) is 4.14. The second kappa shape index (κ2) is 4.62. The third-order valence-corrected chi connectivity index (χ3v) is 1.82. The van der Waals surface area contributed by atoms with Gasteiger partial charge in [-0.25, -0.2) is 4.98 Å². The fourth-order valence-electron chi connectivity index (χ4n) is 1.05. The highest BCUT2D eigenvalue weighted by Crippen LogP contribution is 2.15. The highest BCUT2D eigenvalue weighted by atomic mass is 16.5. The quantitative estimate of drug-likeness (QED) is 0.713. The molecular weight excluding hydrogens is 164 g/mol. The predicted molar refractivity (Wildman–Crippen MR) is 52.5 cm³/mol. The molecule has 0 saturated carbocycles. The van der Waals surface area contributed by atoms with Crippen LogP contribution in [-0.2, 0) is 0 Å². The van der Waals surface area contributed by atoms with Crippen LogP contribution in [-0.4, -0.2) is 12.1 Å². The van der Waals surface area contributed by atoms with Crippen LogP contribution in [0.15, 0.2) is 31.0 Å². The summed E-state index contributed by atoms with van der Waals surface area (Å²) in [7, 11) is 1.59. The van der Waals surface area contributed by atoms with Gasteiger partial charge in [0.15, 0.2) is 0 Å². The minimum atomic E-state index is -0.0177. The highest BCUT2D eigenvalue weighted by molar-refractivity contribution is 5.20. The van der Waals surface area contributed by atoms with Gasteiger partial charge < -0.3 is 10.5 Å². The van der Waals surface area contributed by atoms with Gasteiger partial charge in [0.2, 0.25) is 5.88 Å². The number of aromatic nitrogens is 1. The summed E-state index contributed by atoms with van der Waals surface area (Å²) in [5.41, 5.74) is 6.85. The first kappa shape index (κ1) is 9.74. The van der Waals surface area contributed by atoms with Crippen LogP contribution in [0.2, 0.25) is 0 Å². The summed E-state index contributed by atoms with van der Waals surface area (Å²) >= 11 is 0. The van der Waals surface area contributed by atoms with E-state index in [0.29, 0.717) is 5.88 Å². The monoisotopic (exact) mass is 178 g/mol. The smallest absolute Gasteiger partial charge is 0.212 e. The van der Waals surface area contributed by atoms with E-state index in [9.17, 15) is 0 Å².